The molecular formula is C9H9ClF3N3. The van der Waals surface area contributed by atoms with E-state index in [2.05, 4.69) is 15.0 Å². The fourth-order valence-corrected chi connectivity index (χ4v) is 1.25. The summed E-state index contributed by atoms with van der Waals surface area (Å²) in [6.07, 6.45) is -3.33. The molecule has 2 rings (SSSR count). The van der Waals surface area contributed by atoms with Crippen molar-refractivity contribution in [2.75, 3.05) is 0 Å². The summed E-state index contributed by atoms with van der Waals surface area (Å²) in [5.74, 6) is 0. The fraction of sp³-hybridized carbons (Fsp3) is 0.333. The lowest BCUT2D eigenvalue weighted by molar-refractivity contribution is -0.140. The number of hydrogen-bond acceptors (Lipinski definition) is 2. The van der Waals surface area contributed by atoms with E-state index in [0.29, 0.717) is 0 Å². The Balaban J connectivity index is 0.000000606. The second-order valence-electron chi connectivity index (χ2n) is 2.61. The van der Waals surface area contributed by atoms with E-state index in [4.69, 9.17) is 11.6 Å². The molecule has 0 aliphatic rings. The van der Waals surface area contributed by atoms with Crippen molar-refractivity contribution in [1.29, 1.82) is 0 Å². The second kappa shape index (κ2) is 4.69. The number of fused-ring (bicyclic) bond motifs is 1. The average Bonchev–Trinajstić information content (AvgIpc) is 2.65. The summed E-state index contributed by atoms with van der Waals surface area (Å²) in [5.41, 5.74) is -0.799. The lowest BCUT2D eigenvalue weighted by atomic mass is 10.3. The van der Waals surface area contributed by atoms with E-state index in [0.717, 1.165) is 12.4 Å². The van der Waals surface area contributed by atoms with Gasteiger partial charge in [0.25, 0.3) is 0 Å². The van der Waals surface area contributed by atoms with Crippen LogP contribution in [0.5, 0.6) is 0 Å². The molecule has 0 bridgehead atoms. The summed E-state index contributed by atoms with van der Waals surface area (Å²) >= 11 is 5.58. The highest BCUT2D eigenvalue weighted by Gasteiger charge is 2.33. The van der Waals surface area contributed by atoms with Crippen LogP contribution in [-0.2, 0) is 6.18 Å². The molecule has 2 aromatic rings. The van der Waals surface area contributed by atoms with Gasteiger partial charge in [0.05, 0.1) is 5.39 Å². The number of alkyl halides is 3. The third kappa shape index (κ3) is 2.44. The number of aromatic amines is 1. The smallest absolute Gasteiger partial charge is 0.336 e. The normalized spacial score (nSPS) is 11.1. The fourth-order valence-electron chi connectivity index (χ4n) is 1.06. The van der Waals surface area contributed by atoms with Crippen LogP contribution in [-0.4, -0.2) is 15.0 Å². The summed E-state index contributed by atoms with van der Waals surface area (Å²) in [6, 6.07) is 0.887. The van der Waals surface area contributed by atoms with Gasteiger partial charge >= 0.3 is 6.18 Å². The van der Waals surface area contributed by atoms with Crippen LogP contribution < -0.4 is 0 Å². The summed E-state index contributed by atoms with van der Waals surface area (Å²) in [7, 11) is 0. The lowest BCUT2D eigenvalue weighted by Crippen LogP contribution is -2.04. The number of H-pyrrole nitrogens is 1. The standard InChI is InChI=1S/C7H3ClF3N3.C2H6/c8-5-3-1-4(7(9,10)11)14-6(3)13-2-12-5;1-2/h1-2H,(H,12,13,14);1-2H3. The molecule has 2 heterocycles. The third-order valence-electron chi connectivity index (χ3n) is 1.68. The number of nitrogens with one attached hydrogen (secondary N) is 1. The molecule has 7 heteroatoms. The molecule has 0 amide bonds. The Kier molecular flexibility index (Phi) is 3.74. The van der Waals surface area contributed by atoms with Gasteiger partial charge in [-0.1, -0.05) is 25.4 Å². The van der Waals surface area contributed by atoms with Crippen LogP contribution in [0.3, 0.4) is 0 Å². The van der Waals surface area contributed by atoms with Crippen molar-refractivity contribution in [2.45, 2.75) is 20.0 Å². The molecule has 0 fully saturated rings. The van der Waals surface area contributed by atoms with Crippen molar-refractivity contribution in [3.8, 4) is 0 Å². The molecule has 0 aromatic carbocycles. The van der Waals surface area contributed by atoms with E-state index >= 15 is 0 Å². The zero-order valence-electron chi connectivity index (χ0n) is 8.56. The summed E-state index contributed by atoms with van der Waals surface area (Å²) in [4.78, 5) is 9.31. The van der Waals surface area contributed by atoms with Crippen molar-refractivity contribution < 1.29 is 13.2 Å². The van der Waals surface area contributed by atoms with Crippen LogP contribution in [0, 0.1) is 0 Å². The zero-order valence-corrected chi connectivity index (χ0v) is 9.32. The van der Waals surface area contributed by atoms with Crippen LogP contribution in [0.25, 0.3) is 11.0 Å². The highest BCUT2D eigenvalue weighted by molar-refractivity contribution is 6.33. The number of nitrogens with zero attached hydrogens (tertiary/aromatic N) is 2. The minimum atomic E-state index is -4.43. The lowest BCUT2D eigenvalue weighted by Gasteiger charge is -2.00. The maximum Gasteiger partial charge on any atom is 0.431 e. The number of aromatic nitrogens is 3. The molecule has 0 saturated heterocycles. The van der Waals surface area contributed by atoms with E-state index < -0.39 is 11.9 Å². The summed E-state index contributed by atoms with van der Waals surface area (Å²) in [5, 5.41) is 0.170. The van der Waals surface area contributed by atoms with Gasteiger partial charge in [0.2, 0.25) is 0 Å². The van der Waals surface area contributed by atoms with Gasteiger partial charge in [-0.2, -0.15) is 13.2 Å². The molecule has 16 heavy (non-hydrogen) atoms. The summed E-state index contributed by atoms with van der Waals surface area (Å²) < 4.78 is 36.7. The molecule has 3 nitrogen and oxygen atoms in total. The maximum atomic E-state index is 12.2. The SMILES string of the molecule is CC.FC(F)(F)c1cc2c(Cl)ncnc2[nH]1. The van der Waals surface area contributed by atoms with E-state index in [1.807, 2.05) is 13.8 Å². The summed E-state index contributed by atoms with van der Waals surface area (Å²) in [6.45, 7) is 4.00. The molecule has 0 aliphatic carbocycles. The molecule has 0 unspecified atom stereocenters. The van der Waals surface area contributed by atoms with Gasteiger partial charge in [0.15, 0.2) is 0 Å². The van der Waals surface area contributed by atoms with E-state index in [1.165, 1.54) is 0 Å². The minimum absolute atomic E-state index is 0.00162. The Labute approximate surface area is 94.7 Å². The quantitative estimate of drug-likeness (QED) is 0.726. The van der Waals surface area contributed by atoms with Crippen LogP contribution >= 0.6 is 11.6 Å². The van der Waals surface area contributed by atoms with Gasteiger partial charge in [-0.25, -0.2) is 9.97 Å². The van der Waals surface area contributed by atoms with E-state index in [1.54, 1.807) is 0 Å². The van der Waals surface area contributed by atoms with E-state index in [-0.39, 0.29) is 16.2 Å². The molecule has 88 valence electrons. The Morgan fingerprint density at radius 1 is 1.25 bits per heavy atom. The largest absolute Gasteiger partial charge is 0.431 e. The minimum Gasteiger partial charge on any atom is -0.336 e. The van der Waals surface area contributed by atoms with Crippen molar-refractivity contribution in [2.24, 2.45) is 0 Å². The first-order chi connectivity index (χ1) is 7.48. The van der Waals surface area contributed by atoms with Crippen molar-refractivity contribution in [3.05, 3.63) is 23.2 Å². The van der Waals surface area contributed by atoms with Gasteiger partial charge in [0.1, 0.15) is 22.8 Å². The van der Waals surface area contributed by atoms with Gasteiger partial charge in [-0.15, -0.1) is 0 Å². The van der Waals surface area contributed by atoms with Crippen LogP contribution in [0.4, 0.5) is 13.2 Å². The topological polar surface area (TPSA) is 41.6 Å². The predicted octanol–water partition coefficient (Wildman–Crippen LogP) is 3.66. The third-order valence-corrected chi connectivity index (χ3v) is 1.98. The first-order valence-electron chi connectivity index (χ1n) is 4.55. The van der Waals surface area contributed by atoms with E-state index in [9.17, 15) is 13.2 Å². The first kappa shape index (κ1) is 12.8. The Morgan fingerprint density at radius 3 is 2.38 bits per heavy atom. The van der Waals surface area contributed by atoms with Crippen molar-refractivity contribution in [1.82, 2.24) is 15.0 Å². The Morgan fingerprint density at radius 2 is 1.88 bits per heavy atom. The number of hydrogen-bond donors (Lipinski definition) is 1. The Bertz CT molecular complexity index is 478. The zero-order chi connectivity index (χ0) is 12.3. The van der Waals surface area contributed by atoms with Gasteiger partial charge in [0, 0.05) is 0 Å². The molecule has 1 N–H and O–H groups in total. The first-order valence-corrected chi connectivity index (χ1v) is 4.92. The second-order valence-corrected chi connectivity index (χ2v) is 2.97. The van der Waals surface area contributed by atoms with Gasteiger partial charge < -0.3 is 4.98 Å². The number of rotatable bonds is 0. The van der Waals surface area contributed by atoms with Gasteiger partial charge in [-0.3, -0.25) is 0 Å². The molecule has 0 atom stereocenters. The molecule has 0 saturated carbocycles. The number of halogens is 4. The molecule has 0 radical (unpaired) electrons. The van der Waals surface area contributed by atoms with Crippen LogP contribution in [0.2, 0.25) is 5.15 Å². The highest BCUT2D eigenvalue weighted by Crippen LogP contribution is 2.31. The average molecular weight is 252 g/mol. The molecule has 0 aliphatic heterocycles. The van der Waals surface area contributed by atoms with Crippen LogP contribution in [0.1, 0.15) is 19.5 Å². The monoisotopic (exact) mass is 251 g/mol. The predicted molar refractivity (Wildman–Crippen MR) is 55.2 cm³/mol. The Hall–Kier alpha value is -1.30. The van der Waals surface area contributed by atoms with Crippen molar-refractivity contribution >= 4 is 22.6 Å². The highest BCUT2D eigenvalue weighted by atomic mass is 35.5. The molecular weight excluding hydrogens is 243 g/mol. The molecule has 2 aromatic heterocycles. The molecule has 0 spiro atoms. The van der Waals surface area contributed by atoms with Crippen LogP contribution in [0.15, 0.2) is 12.4 Å². The maximum absolute atomic E-state index is 12.2. The van der Waals surface area contributed by atoms with Crippen molar-refractivity contribution in [3.63, 3.8) is 0 Å². The van der Waals surface area contributed by atoms with Gasteiger partial charge in [-0.05, 0) is 6.07 Å².